The van der Waals surface area contributed by atoms with Gasteiger partial charge in [0.1, 0.15) is 29.8 Å². The van der Waals surface area contributed by atoms with Crippen LogP contribution in [0.25, 0.3) is 0 Å². The molecule has 0 radical (unpaired) electrons. The van der Waals surface area contributed by atoms with Crippen molar-refractivity contribution >= 4 is 17.7 Å². The second-order valence-corrected chi connectivity index (χ2v) is 9.69. The highest BCUT2D eigenvalue weighted by Crippen LogP contribution is 2.18. The molecule has 0 saturated heterocycles. The predicted molar refractivity (Wildman–Crippen MR) is 141 cm³/mol. The molecule has 4 N–H and O–H groups in total. The Morgan fingerprint density at radius 1 is 1.03 bits per heavy atom. The molecule has 3 rings (SSSR count). The molecule has 1 heterocycles. The predicted octanol–water partition coefficient (Wildman–Crippen LogP) is 3.85. The summed E-state index contributed by atoms with van der Waals surface area (Å²) < 4.78 is 11.2. The van der Waals surface area contributed by atoms with Gasteiger partial charge in [-0.25, -0.2) is 4.79 Å². The molecular formula is C28H35N3O6. The highest BCUT2D eigenvalue weighted by Gasteiger charge is 2.30. The number of carbonyl (C=O) groups is 2. The fraction of sp³-hybridized carbons (Fsp3) is 0.357. The average Bonchev–Trinajstić information content (AvgIpc) is 3.41. The molecule has 0 aliphatic carbocycles. The van der Waals surface area contributed by atoms with Crippen LogP contribution in [0.3, 0.4) is 0 Å². The zero-order chi connectivity index (χ0) is 26.8. The summed E-state index contributed by atoms with van der Waals surface area (Å²) in [4.78, 5) is 29.5. The monoisotopic (exact) mass is 509 g/mol. The van der Waals surface area contributed by atoms with Gasteiger partial charge in [0.15, 0.2) is 0 Å². The van der Waals surface area contributed by atoms with Gasteiger partial charge in [-0.3, -0.25) is 9.69 Å². The third kappa shape index (κ3) is 8.96. The molecule has 0 bridgehead atoms. The first-order valence-electron chi connectivity index (χ1n) is 12.1. The number of anilines is 1. The summed E-state index contributed by atoms with van der Waals surface area (Å²) >= 11 is 0. The molecule has 9 nitrogen and oxygen atoms in total. The van der Waals surface area contributed by atoms with Crippen molar-refractivity contribution in [2.24, 2.45) is 0 Å². The van der Waals surface area contributed by atoms with Crippen LogP contribution in [0.5, 0.6) is 5.75 Å². The van der Waals surface area contributed by atoms with E-state index >= 15 is 0 Å². The van der Waals surface area contributed by atoms with Crippen LogP contribution in [0.2, 0.25) is 0 Å². The van der Waals surface area contributed by atoms with Crippen molar-refractivity contribution in [3.05, 3.63) is 84.2 Å². The molecule has 2 aromatic carbocycles. The number of rotatable bonds is 11. The minimum Gasteiger partial charge on any atom is -0.491 e. The summed E-state index contributed by atoms with van der Waals surface area (Å²) in [5, 5.41) is 23.6. The number of aliphatic hydroxyl groups is 2. The number of benzene rings is 2. The number of hydrogen-bond donors (Lipinski definition) is 4. The van der Waals surface area contributed by atoms with Gasteiger partial charge in [-0.2, -0.15) is 0 Å². The summed E-state index contributed by atoms with van der Waals surface area (Å²) in [5.74, 6) is 0.348. The quantitative estimate of drug-likeness (QED) is 0.311. The van der Waals surface area contributed by atoms with Gasteiger partial charge in [0.25, 0.3) is 5.91 Å². The van der Waals surface area contributed by atoms with E-state index in [0.29, 0.717) is 23.6 Å². The topological polar surface area (TPSA) is 124 Å². The van der Waals surface area contributed by atoms with E-state index in [4.69, 9.17) is 9.47 Å². The van der Waals surface area contributed by atoms with Gasteiger partial charge in [-0.05, 0) is 69.2 Å². The van der Waals surface area contributed by atoms with Crippen LogP contribution in [0.15, 0.2) is 72.9 Å². The van der Waals surface area contributed by atoms with Gasteiger partial charge in [0, 0.05) is 11.9 Å². The van der Waals surface area contributed by atoms with E-state index in [1.807, 2.05) is 30.3 Å². The lowest BCUT2D eigenvalue weighted by Gasteiger charge is -2.34. The van der Waals surface area contributed by atoms with Crippen LogP contribution in [0.1, 0.15) is 36.8 Å². The van der Waals surface area contributed by atoms with Gasteiger partial charge in [0.05, 0.1) is 19.2 Å². The van der Waals surface area contributed by atoms with Crippen LogP contribution < -0.4 is 10.1 Å². The minimum absolute atomic E-state index is 0.0311. The molecular weight excluding hydrogens is 474 g/mol. The van der Waals surface area contributed by atoms with Crippen LogP contribution >= 0.6 is 0 Å². The number of carbonyl (C=O) groups excluding carboxylic acids is 2. The number of ether oxygens (including phenoxy) is 2. The maximum Gasteiger partial charge on any atom is 0.410 e. The van der Waals surface area contributed by atoms with Crippen molar-refractivity contribution in [1.29, 1.82) is 0 Å². The van der Waals surface area contributed by atoms with E-state index in [1.54, 1.807) is 63.4 Å². The molecule has 9 heteroatoms. The molecule has 1 aromatic heterocycles. The van der Waals surface area contributed by atoms with E-state index in [0.717, 1.165) is 5.56 Å². The highest BCUT2D eigenvalue weighted by molar-refractivity contribution is 6.02. The van der Waals surface area contributed by atoms with Gasteiger partial charge in [0.2, 0.25) is 0 Å². The third-order valence-electron chi connectivity index (χ3n) is 5.40. The van der Waals surface area contributed by atoms with Gasteiger partial charge < -0.3 is 30.0 Å². The third-order valence-corrected chi connectivity index (χ3v) is 5.40. The molecule has 2 amide bonds. The smallest absolute Gasteiger partial charge is 0.410 e. The molecule has 0 aliphatic heterocycles. The molecule has 0 fully saturated rings. The van der Waals surface area contributed by atoms with E-state index in [2.05, 4.69) is 10.3 Å². The molecule has 0 unspecified atom stereocenters. The van der Waals surface area contributed by atoms with Crippen LogP contribution in [0.4, 0.5) is 10.5 Å². The minimum atomic E-state index is -1.01. The summed E-state index contributed by atoms with van der Waals surface area (Å²) in [6.45, 7) is 4.81. The summed E-state index contributed by atoms with van der Waals surface area (Å²) in [6, 6.07) is 19.0. The maximum absolute atomic E-state index is 13.0. The number of aromatic nitrogens is 1. The number of hydrogen-bond acceptors (Lipinski definition) is 6. The number of para-hydroxylation sites is 1. The van der Waals surface area contributed by atoms with Crippen molar-refractivity contribution in [2.75, 3.05) is 25.1 Å². The fourth-order valence-electron chi connectivity index (χ4n) is 3.62. The Kier molecular flexibility index (Phi) is 9.71. The van der Waals surface area contributed by atoms with Crippen LogP contribution in [-0.4, -0.2) is 69.6 Å². The number of H-pyrrole nitrogens is 1. The number of aromatic amines is 1. The normalized spacial score (nSPS) is 12.9. The van der Waals surface area contributed by atoms with Crippen LogP contribution in [-0.2, 0) is 11.2 Å². The lowest BCUT2D eigenvalue weighted by molar-refractivity contribution is -0.00891. The molecule has 0 aliphatic rings. The van der Waals surface area contributed by atoms with Gasteiger partial charge in [-0.15, -0.1) is 0 Å². The highest BCUT2D eigenvalue weighted by atomic mass is 16.6. The Hall–Kier alpha value is -3.82. The van der Waals surface area contributed by atoms with Crippen molar-refractivity contribution in [3.8, 4) is 5.75 Å². The van der Waals surface area contributed by atoms with E-state index in [1.165, 1.54) is 4.90 Å². The first-order chi connectivity index (χ1) is 17.6. The van der Waals surface area contributed by atoms with Crippen molar-refractivity contribution in [3.63, 3.8) is 0 Å². The van der Waals surface area contributed by atoms with E-state index in [9.17, 15) is 19.8 Å². The number of aliphatic hydroxyl groups excluding tert-OH is 2. The van der Waals surface area contributed by atoms with Crippen molar-refractivity contribution < 1.29 is 29.3 Å². The number of amides is 2. The molecule has 0 spiro atoms. The molecule has 198 valence electrons. The lowest BCUT2D eigenvalue weighted by atomic mass is 10.0. The SMILES string of the molecule is CC(C)(C)OC(=O)N(C[C@H](O)COc1ccccc1)[C@H](CO)Cc1ccc(NC(=O)c2ccc[nH]2)cc1. The Morgan fingerprint density at radius 2 is 1.73 bits per heavy atom. The molecule has 3 aromatic rings. The van der Waals surface area contributed by atoms with E-state index in [-0.39, 0.29) is 25.7 Å². The maximum atomic E-state index is 13.0. The average molecular weight is 510 g/mol. The molecule has 2 atom stereocenters. The Labute approximate surface area is 217 Å². The zero-order valence-electron chi connectivity index (χ0n) is 21.4. The fourth-order valence-corrected chi connectivity index (χ4v) is 3.62. The largest absolute Gasteiger partial charge is 0.491 e. The summed E-state index contributed by atoms with van der Waals surface area (Å²) in [7, 11) is 0. The first kappa shape index (κ1) is 27.8. The van der Waals surface area contributed by atoms with Crippen LogP contribution in [0, 0.1) is 0 Å². The second-order valence-electron chi connectivity index (χ2n) is 9.69. The second kappa shape index (κ2) is 12.9. The Balaban J connectivity index is 1.67. The van der Waals surface area contributed by atoms with Gasteiger partial charge >= 0.3 is 6.09 Å². The Morgan fingerprint density at radius 3 is 2.32 bits per heavy atom. The Bertz CT molecular complexity index is 1110. The summed E-state index contributed by atoms with van der Waals surface area (Å²) in [5.41, 5.74) is 1.15. The standard InChI is InChI=1S/C28H35N3O6/c1-28(2,3)37-27(35)31(17-23(33)19-36-24-8-5-4-6-9-24)22(18-32)16-20-11-13-21(14-12-20)30-26(34)25-10-7-15-29-25/h4-15,22-23,29,32-33H,16-19H2,1-3H3,(H,30,34)/t22-,23-/m0/s1. The lowest BCUT2D eigenvalue weighted by Crippen LogP contribution is -2.50. The van der Waals surface area contributed by atoms with Crippen molar-refractivity contribution in [1.82, 2.24) is 9.88 Å². The zero-order valence-corrected chi connectivity index (χ0v) is 21.4. The number of nitrogens with zero attached hydrogens (tertiary/aromatic N) is 1. The first-order valence-corrected chi connectivity index (χ1v) is 12.1. The van der Waals surface area contributed by atoms with E-state index < -0.39 is 23.8 Å². The van der Waals surface area contributed by atoms with Crippen molar-refractivity contribution in [2.45, 2.75) is 44.9 Å². The summed E-state index contributed by atoms with van der Waals surface area (Å²) in [6.07, 6.45) is 0.341. The molecule has 37 heavy (non-hydrogen) atoms. The number of nitrogens with one attached hydrogen (secondary N) is 2. The van der Waals surface area contributed by atoms with Gasteiger partial charge in [-0.1, -0.05) is 30.3 Å². The molecule has 0 saturated carbocycles.